The van der Waals surface area contributed by atoms with Gasteiger partial charge >= 0.3 is 0 Å². The second-order valence-corrected chi connectivity index (χ2v) is 6.31. The number of carbonyl (C=O) groups is 1. The van der Waals surface area contributed by atoms with E-state index in [1.54, 1.807) is 6.20 Å². The van der Waals surface area contributed by atoms with Gasteiger partial charge in [0.1, 0.15) is 5.82 Å². The average Bonchev–Trinajstić information content (AvgIpc) is 3.15. The molecule has 2 aromatic heterocycles. The summed E-state index contributed by atoms with van der Waals surface area (Å²) in [5, 5.41) is 5.09. The van der Waals surface area contributed by atoms with Crippen LogP contribution in [0.1, 0.15) is 60.3 Å². The summed E-state index contributed by atoms with van der Waals surface area (Å²) in [5.41, 5.74) is 0.806. The lowest BCUT2D eigenvalue weighted by atomic mass is 10.0. The first kappa shape index (κ1) is 13.0. The zero-order valence-corrected chi connectivity index (χ0v) is 12.4. The van der Waals surface area contributed by atoms with E-state index < -0.39 is 0 Å². The van der Waals surface area contributed by atoms with Crippen LogP contribution >= 0.6 is 11.6 Å². The molecule has 3 heterocycles. The number of fused-ring (bicyclic) bond motifs is 1. The fourth-order valence-electron chi connectivity index (χ4n) is 2.94. The number of aromatic nitrogens is 4. The van der Waals surface area contributed by atoms with Crippen LogP contribution in [0.25, 0.3) is 0 Å². The van der Waals surface area contributed by atoms with E-state index in [9.17, 15) is 4.79 Å². The van der Waals surface area contributed by atoms with E-state index in [0.717, 1.165) is 30.8 Å². The molecule has 0 spiro atoms. The second-order valence-electron chi connectivity index (χ2n) is 5.90. The first-order chi connectivity index (χ1) is 10.1. The number of Topliss-reactive ketones (excluding diaryl/α,β-unsaturated/α-hetero) is 1. The molecule has 108 valence electrons. The molecule has 0 bridgehead atoms. The monoisotopic (exact) mass is 302 g/mol. The Morgan fingerprint density at radius 2 is 2.24 bits per heavy atom. The highest BCUT2D eigenvalue weighted by molar-refractivity contribution is 6.31. The predicted octanol–water partition coefficient (Wildman–Crippen LogP) is 3.02. The van der Waals surface area contributed by atoms with Crippen LogP contribution in [0.15, 0.2) is 18.3 Å². The van der Waals surface area contributed by atoms with Crippen molar-refractivity contribution >= 4 is 17.4 Å². The van der Waals surface area contributed by atoms with Gasteiger partial charge in [-0.1, -0.05) is 18.5 Å². The third kappa shape index (κ3) is 2.07. The van der Waals surface area contributed by atoms with Crippen molar-refractivity contribution in [1.82, 2.24) is 19.7 Å². The molecule has 0 saturated heterocycles. The molecule has 6 heteroatoms. The lowest BCUT2D eigenvalue weighted by Gasteiger charge is -2.12. The second kappa shape index (κ2) is 4.63. The lowest BCUT2D eigenvalue weighted by molar-refractivity contribution is 0.0956. The van der Waals surface area contributed by atoms with Crippen LogP contribution in [-0.4, -0.2) is 25.5 Å². The minimum atomic E-state index is -0.0306. The van der Waals surface area contributed by atoms with E-state index >= 15 is 0 Å². The fraction of sp³-hybridized carbons (Fsp3) is 0.467. The van der Waals surface area contributed by atoms with Crippen LogP contribution < -0.4 is 0 Å². The third-order valence-electron chi connectivity index (χ3n) is 4.24. The zero-order valence-electron chi connectivity index (χ0n) is 11.7. The Hall–Kier alpha value is -1.75. The van der Waals surface area contributed by atoms with Gasteiger partial charge in [-0.3, -0.25) is 9.78 Å². The standard InChI is InChI=1S/C15H15ClN4O/c1-8-7-11(12-10(16)3-2-6-17-12)20-15(8)18-14(19-20)13(21)9-4-5-9/h2-3,6,8-9,11H,4-5,7H2,1H3/t8-,11-/m0/s1. The molecule has 2 atom stereocenters. The smallest absolute Gasteiger partial charge is 0.217 e. The van der Waals surface area contributed by atoms with E-state index in [-0.39, 0.29) is 23.7 Å². The summed E-state index contributed by atoms with van der Waals surface area (Å²) in [5.74, 6) is 1.69. The van der Waals surface area contributed by atoms with Gasteiger partial charge in [0.2, 0.25) is 11.6 Å². The Labute approximate surface area is 127 Å². The summed E-state index contributed by atoms with van der Waals surface area (Å²) in [4.78, 5) is 21.0. The highest BCUT2D eigenvalue weighted by atomic mass is 35.5. The molecule has 0 amide bonds. The van der Waals surface area contributed by atoms with Crippen LogP contribution in [0.2, 0.25) is 5.02 Å². The Morgan fingerprint density at radius 1 is 1.43 bits per heavy atom. The summed E-state index contributed by atoms with van der Waals surface area (Å²) in [6.07, 6.45) is 4.53. The fourth-order valence-corrected chi connectivity index (χ4v) is 3.19. The van der Waals surface area contributed by atoms with E-state index in [1.165, 1.54) is 0 Å². The molecule has 1 fully saturated rings. The molecular weight excluding hydrogens is 288 g/mol. The Kier molecular flexibility index (Phi) is 2.85. The van der Waals surface area contributed by atoms with Crippen LogP contribution in [0.4, 0.5) is 0 Å². The first-order valence-corrected chi connectivity index (χ1v) is 7.64. The normalized spacial score (nSPS) is 24.1. The number of hydrogen-bond acceptors (Lipinski definition) is 4. The van der Waals surface area contributed by atoms with Crippen molar-refractivity contribution in [2.24, 2.45) is 5.92 Å². The van der Waals surface area contributed by atoms with Gasteiger partial charge < -0.3 is 0 Å². The van der Waals surface area contributed by atoms with E-state index in [2.05, 4.69) is 22.0 Å². The average molecular weight is 303 g/mol. The third-order valence-corrected chi connectivity index (χ3v) is 4.56. The van der Waals surface area contributed by atoms with E-state index in [4.69, 9.17) is 11.6 Å². The van der Waals surface area contributed by atoms with Gasteiger partial charge in [0, 0.05) is 18.0 Å². The Balaban J connectivity index is 1.75. The highest BCUT2D eigenvalue weighted by Crippen LogP contribution is 2.40. The van der Waals surface area contributed by atoms with Gasteiger partial charge in [-0.2, -0.15) is 0 Å². The SMILES string of the molecule is C[C@H]1C[C@@H](c2ncccc2Cl)n2nc(C(=O)C3CC3)nc21. The molecular formula is C15H15ClN4O. The molecule has 2 aliphatic rings. The van der Waals surface area contributed by atoms with Crippen LogP contribution in [0, 0.1) is 5.92 Å². The highest BCUT2D eigenvalue weighted by Gasteiger charge is 2.38. The van der Waals surface area contributed by atoms with Gasteiger partial charge in [-0.05, 0) is 31.4 Å². The number of carbonyl (C=O) groups excluding carboxylic acids is 1. The Morgan fingerprint density at radius 3 is 2.95 bits per heavy atom. The van der Waals surface area contributed by atoms with Crippen molar-refractivity contribution in [3.8, 4) is 0 Å². The van der Waals surface area contributed by atoms with Gasteiger partial charge in [-0.15, -0.1) is 5.10 Å². The number of ketones is 1. The summed E-state index contributed by atoms with van der Waals surface area (Å²) in [6.45, 7) is 2.10. The zero-order chi connectivity index (χ0) is 14.6. The topological polar surface area (TPSA) is 60.7 Å². The van der Waals surface area contributed by atoms with E-state index in [0.29, 0.717) is 10.8 Å². The summed E-state index contributed by atoms with van der Waals surface area (Å²) in [7, 11) is 0. The van der Waals surface area contributed by atoms with Gasteiger partial charge in [0.05, 0.1) is 16.8 Å². The molecule has 1 aliphatic heterocycles. The summed E-state index contributed by atoms with van der Waals surface area (Å²) >= 11 is 6.26. The van der Waals surface area contributed by atoms with Gasteiger partial charge in [-0.25, -0.2) is 9.67 Å². The largest absolute Gasteiger partial charge is 0.290 e. The summed E-state index contributed by atoms with van der Waals surface area (Å²) in [6, 6.07) is 3.62. The molecule has 2 aromatic rings. The maximum atomic E-state index is 12.1. The van der Waals surface area contributed by atoms with Crippen LogP contribution in [0.5, 0.6) is 0 Å². The maximum absolute atomic E-state index is 12.1. The molecule has 5 nitrogen and oxygen atoms in total. The predicted molar refractivity (Wildman–Crippen MR) is 77.5 cm³/mol. The van der Waals surface area contributed by atoms with Gasteiger partial charge in [0.25, 0.3) is 0 Å². The molecule has 21 heavy (non-hydrogen) atoms. The van der Waals surface area contributed by atoms with Crippen molar-refractivity contribution < 1.29 is 4.79 Å². The summed E-state index contributed by atoms with van der Waals surface area (Å²) < 4.78 is 1.84. The maximum Gasteiger partial charge on any atom is 0.217 e. The lowest BCUT2D eigenvalue weighted by Crippen LogP contribution is -2.12. The van der Waals surface area contributed by atoms with Crippen molar-refractivity contribution in [2.45, 2.75) is 38.1 Å². The van der Waals surface area contributed by atoms with Crippen molar-refractivity contribution in [1.29, 1.82) is 0 Å². The minimum Gasteiger partial charge on any atom is -0.290 e. The molecule has 1 aliphatic carbocycles. The number of hydrogen-bond donors (Lipinski definition) is 0. The van der Waals surface area contributed by atoms with Crippen molar-refractivity contribution in [3.63, 3.8) is 0 Å². The quantitative estimate of drug-likeness (QED) is 0.818. The minimum absolute atomic E-state index is 0.0306. The molecule has 0 aromatic carbocycles. The van der Waals surface area contributed by atoms with Crippen LogP contribution in [0.3, 0.4) is 0 Å². The molecule has 0 unspecified atom stereocenters. The number of nitrogens with zero attached hydrogens (tertiary/aromatic N) is 4. The van der Waals surface area contributed by atoms with Crippen molar-refractivity contribution in [3.05, 3.63) is 40.7 Å². The number of rotatable bonds is 3. The van der Waals surface area contributed by atoms with Crippen LogP contribution in [-0.2, 0) is 0 Å². The molecule has 0 N–H and O–H groups in total. The number of pyridine rings is 1. The van der Waals surface area contributed by atoms with E-state index in [1.807, 2.05) is 16.8 Å². The molecule has 0 radical (unpaired) electrons. The molecule has 1 saturated carbocycles. The number of halogens is 1. The molecule has 4 rings (SSSR count). The Bertz CT molecular complexity index is 722. The van der Waals surface area contributed by atoms with Crippen molar-refractivity contribution in [2.75, 3.05) is 0 Å². The first-order valence-electron chi connectivity index (χ1n) is 7.26. The van der Waals surface area contributed by atoms with Gasteiger partial charge in [0.15, 0.2) is 0 Å².